The summed E-state index contributed by atoms with van der Waals surface area (Å²) in [4.78, 5) is 7.89. The molecule has 2 aromatic rings. The van der Waals surface area contributed by atoms with Crippen LogP contribution in [-0.2, 0) is 6.42 Å². The van der Waals surface area contributed by atoms with Crippen molar-refractivity contribution in [3.8, 4) is 5.75 Å². The van der Waals surface area contributed by atoms with Crippen molar-refractivity contribution in [2.75, 3.05) is 13.7 Å². The number of hydrogen-bond donors (Lipinski definition) is 1. The van der Waals surface area contributed by atoms with Gasteiger partial charge in [0.15, 0.2) is 0 Å². The number of H-pyrrole nitrogens is 1. The largest absolute Gasteiger partial charge is 0.497 e. The monoisotopic (exact) mass is 294 g/mol. The van der Waals surface area contributed by atoms with E-state index in [-0.39, 0.29) is 17.0 Å². The van der Waals surface area contributed by atoms with Crippen LogP contribution in [0.15, 0.2) is 23.2 Å². The zero-order chi connectivity index (χ0) is 11.1. The van der Waals surface area contributed by atoms with Gasteiger partial charge in [0.1, 0.15) is 5.75 Å². The normalized spacial score (nSPS) is 13.9. The fraction of sp³-hybridized carbons (Fsp3) is 0.308. The summed E-state index contributed by atoms with van der Waals surface area (Å²) in [6.45, 7) is 2.96. The third-order valence-corrected chi connectivity index (χ3v) is 3.19. The molecule has 0 radical (unpaired) electrons. The number of rotatable bonds is 1. The number of benzene rings is 1. The summed E-state index contributed by atoms with van der Waals surface area (Å²) < 4.78 is 5.23. The second kappa shape index (κ2) is 4.53. The molecule has 1 aliphatic rings. The van der Waals surface area contributed by atoms with E-state index in [1.807, 2.05) is 12.1 Å². The molecule has 1 aromatic carbocycles. The molecule has 0 saturated carbocycles. The molecule has 0 fully saturated rings. The Morgan fingerprint density at radius 3 is 2.94 bits per heavy atom. The van der Waals surface area contributed by atoms with Gasteiger partial charge < -0.3 is 9.72 Å². The molecule has 3 rings (SSSR count). The number of methoxy groups -OCH3 is 1. The van der Waals surface area contributed by atoms with Gasteiger partial charge in [0.2, 0.25) is 0 Å². The van der Waals surface area contributed by atoms with E-state index in [9.17, 15) is 0 Å². The van der Waals surface area contributed by atoms with Crippen molar-refractivity contribution >= 4 is 33.6 Å². The van der Waals surface area contributed by atoms with Crippen LogP contribution >= 0.6 is 17.0 Å². The van der Waals surface area contributed by atoms with Gasteiger partial charge >= 0.3 is 0 Å². The van der Waals surface area contributed by atoms with Crippen molar-refractivity contribution in [2.24, 2.45) is 4.99 Å². The van der Waals surface area contributed by atoms with E-state index in [0.717, 1.165) is 29.9 Å². The van der Waals surface area contributed by atoms with Crippen molar-refractivity contribution in [1.29, 1.82) is 0 Å². The maximum atomic E-state index is 5.23. The Labute approximate surface area is 111 Å². The summed E-state index contributed by atoms with van der Waals surface area (Å²) in [6, 6.07) is 6.18. The van der Waals surface area contributed by atoms with Gasteiger partial charge in [0.05, 0.1) is 18.5 Å². The van der Waals surface area contributed by atoms with Gasteiger partial charge in [-0.05, 0) is 31.0 Å². The van der Waals surface area contributed by atoms with Crippen LogP contribution in [-0.4, -0.2) is 24.4 Å². The average molecular weight is 295 g/mol. The first-order chi connectivity index (χ1) is 7.79. The summed E-state index contributed by atoms with van der Waals surface area (Å²) in [7, 11) is 1.69. The Morgan fingerprint density at radius 1 is 1.35 bits per heavy atom. The van der Waals surface area contributed by atoms with Gasteiger partial charge in [-0.1, -0.05) is 0 Å². The number of aromatic amines is 1. The highest BCUT2D eigenvalue weighted by molar-refractivity contribution is 8.93. The molecule has 0 bridgehead atoms. The molecule has 17 heavy (non-hydrogen) atoms. The standard InChI is InChI=1S/C13H14N2O.BrH/c1-8-13-11(5-6-14-8)10-4-3-9(16-2)7-12(10)15-13;/h3-4,7,15H,5-6H2,1-2H3;1H. The minimum absolute atomic E-state index is 0. The minimum Gasteiger partial charge on any atom is -0.497 e. The summed E-state index contributed by atoms with van der Waals surface area (Å²) in [5, 5.41) is 1.30. The van der Waals surface area contributed by atoms with Crippen molar-refractivity contribution in [1.82, 2.24) is 4.98 Å². The van der Waals surface area contributed by atoms with Crippen molar-refractivity contribution in [3.05, 3.63) is 29.5 Å². The van der Waals surface area contributed by atoms with Crippen LogP contribution in [0.4, 0.5) is 0 Å². The Hall–Kier alpha value is -1.29. The van der Waals surface area contributed by atoms with E-state index in [4.69, 9.17) is 4.74 Å². The molecule has 1 N–H and O–H groups in total. The SMILES string of the molecule is Br.COc1ccc2c3c([nH]c2c1)C(C)=NCC3. The summed E-state index contributed by atoms with van der Waals surface area (Å²) >= 11 is 0. The van der Waals surface area contributed by atoms with E-state index in [1.54, 1.807) is 7.11 Å². The van der Waals surface area contributed by atoms with Crippen LogP contribution in [0.3, 0.4) is 0 Å². The molecule has 3 nitrogen and oxygen atoms in total. The molecule has 1 aliphatic heterocycles. The molecule has 0 unspecified atom stereocenters. The number of nitrogens with zero attached hydrogens (tertiary/aromatic N) is 1. The van der Waals surface area contributed by atoms with Crippen LogP contribution < -0.4 is 4.74 Å². The fourth-order valence-electron chi connectivity index (χ4n) is 2.34. The van der Waals surface area contributed by atoms with Crippen LogP contribution in [0.2, 0.25) is 0 Å². The van der Waals surface area contributed by atoms with Crippen molar-refractivity contribution in [2.45, 2.75) is 13.3 Å². The topological polar surface area (TPSA) is 37.4 Å². The summed E-state index contributed by atoms with van der Waals surface area (Å²) in [5.41, 5.74) is 4.83. The molecule has 0 atom stereocenters. The number of aromatic nitrogens is 1. The third kappa shape index (κ3) is 1.86. The van der Waals surface area contributed by atoms with E-state index in [1.165, 1.54) is 16.6 Å². The molecule has 0 saturated heterocycles. The molecular formula is C13H15BrN2O. The fourth-order valence-corrected chi connectivity index (χ4v) is 2.34. The highest BCUT2D eigenvalue weighted by atomic mass is 79.9. The predicted molar refractivity (Wildman–Crippen MR) is 76.0 cm³/mol. The molecule has 0 amide bonds. The van der Waals surface area contributed by atoms with E-state index in [2.05, 4.69) is 23.0 Å². The van der Waals surface area contributed by atoms with E-state index in [0.29, 0.717) is 0 Å². The zero-order valence-electron chi connectivity index (χ0n) is 9.91. The zero-order valence-corrected chi connectivity index (χ0v) is 11.6. The van der Waals surface area contributed by atoms with Gasteiger partial charge in [-0.3, -0.25) is 4.99 Å². The number of ether oxygens (including phenoxy) is 1. The summed E-state index contributed by atoms with van der Waals surface area (Å²) in [5.74, 6) is 0.890. The minimum atomic E-state index is 0. The molecular weight excluding hydrogens is 280 g/mol. The van der Waals surface area contributed by atoms with E-state index < -0.39 is 0 Å². The first-order valence-electron chi connectivity index (χ1n) is 5.49. The highest BCUT2D eigenvalue weighted by Gasteiger charge is 2.16. The molecule has 4 heteroatoms. The van der Waals surface area contributed by atoms with Gasteiger partial charge in [0.25, 0.3) is 0 Å². The van der Waals surface area contributed by atoms with Crippen LogP contribution in [0.25, 0.3) is 10.9 Å². The number of aliphatic imine (C=N–C) groups is 1. The highest BCUT2D eigenvalue weighted by Crippen LogP contribution is 2.28. The van der Waals surface area contributed by atoms with Crippen molar-refractivity contribution < 1.29 is 4.74 Å². The maximum Gasteiger partial charge on any atom is 0.120 e. The molecule has 2 heterocycles. The smallest absolute Gasteiger partial charge is 0.120 e. The first kappa shape index (κ1) is 12.2. The number of fused-ring (bicyclic) bond motifs is 3. The molecule has 0 spiro atoms. The van der Waals surface area contributed by atoms with Crippen molar-refractivity contribution in [3.63, 3.8) is 0 Å². The Morgan fingerprint density at radius 2 is 2.18 bits per heavy atom. The number of hydrogen-bond acceptors (Lipinski definition) is 2. The third-order valence-electron chi connectivity index (χ3n) is 3.19. The second-order valence-corrected chi connectivity index (χ2v) is 4.11. The lowest BCUT2D eigenvalue weighted by Gasteiger charge is -2.09. The Bertz CT molecular complexity index is 586. The van der Waals surface area contributed by atoms with E-state index >= 15 is 0 Å². The van der Waals surface area contributed by atoms with Gasteiger partial charge in [-0.2, -0.15) is 0 Å². The lowest BCUT2D eigenvalue weighted by Crippen LogP contribution is -2.08. The van der Waals surface area contributed by atoms with Gasteiger partial charge in [-0.15, -0.1) is 17.0 Å². The maximum absolute atomic E-state index is 5.23. The van der Waals surface area contributed by atoms with Crippen LogP contribution in [0.5, 0.6) is 5.75 Å². The predicted octanol–water partition coefficient (Wildman–Crippen LogP) is 3.12. The Kier molecular flexibility index (Phi) is 3.24. The quantitative estimate of drug-likeness (QED) is 0.862. The lowest BCUT2D eigenvalue weighted by molar-refractivity contribution is 0.415. The number of nitrogens with one attached hydrogen (secondary N) is 1. The second-order valence-electron chi connectivity index (χ2n) is 4.11. The number of halogens is 1. The van der Waals surface area contributed by atoms with Crippen LogP contribution in [0, 0.1) is 0 Å². The lowest BCUT2D eigenvalue weighted by atomic mass is 10.0. The van der Waals surface area contributed by atoms with Gasteiger partial charge in [-0.25, -0.2) is 0 Å². The Balaban J connectivity index is 0.00000108. The summed E-state index contributed by atoms with van der Waals surface area (Å²) in [6.07, 6.45) is 1.03. The average Bonchev–Trinajstić information content (AvgIpc) is 2.68. The molecule has 0 aliphatic carbocycles. The first-order valence-corrected chi connectivity index (χ1v) is 5.49. The van der Waals surface area contributed by atoms with Crippen LogP contribution in [0.1, 0.15) is 18.2 Å². The molecule has 1 aromatic heterocycles. The molecule has 90 valence electrons. The van der Waals surface area contributed by atoms with Gasteiger partial charge in [0, 0.05) is 23.5 Å².